The van der Waals surface area contributed by atoms with Crippen molar-refractivity contribution in [2.75, 3.05) is 17.5 Å². The molecule has 1 heterocycles. The van der Waals surface area contributed by atoms with Gasteiger partial charge in [0.2, 0.25) is 0 Å². The minimum atomic E-state index is -3.77. The predicted molar refractivity (Wildman–Crippen MR) is 139 cm³/mol. The Morgan fingerprint density at radius 1 is 1.06 bits per heavy atom. The number of amides is 1. The number of benzene rings is 3. The average molecular weight is 513 g/mol. The van der Waals surface area contributed by atoms with Crippen molar-refractivity contribution in [1.82, 2.24) is 5.32 Å². The van der Waals surface area contributed by atoms with Gasteiger partial charge in [-0.05, 0) is 86.2 Å². The van der Waals surface area contributed by atoms with Crippen molar-refractivity contribution in [3.8, 4) is 5.75 Å². The second-order valence-corrected chi connectivity index (χ2v) is 11.2. The molecule has 0 aromatic heterocycles. The third kappa shape index (κ3) is 5.16. The van der Waals surface area contributed by atoms with Gasteiger partial charge in [0.25, 0.3) is 15.9 Å². The number of ether oxygens (including phenoxy) is 1. The topological polar surface area (TPSA) is 75.7 Å². The number of sulfonamides is 1. The van der Waals surface area contributed by atoms with Gasteiger partial charge in [-0.1, -0.05) is 41.9 Å². The van der Waals surface area contributed by atoms with Gasteiger partial charge >= 0.3 is 0 Å². The van der Waals surface area contributed by atoms with Crippen LogP contribution in [0.2, 0.25) is 5.02 Å². The molecule has 6 nitrogen and oxygen atoms in total. The molecule has 0 saturated carbocycles. The molecule has 35 heavy (non-hydrogen) atoms. The Morgan fingerprint density at radius 3 is 2.51 bits per heavy atom. The van der Waals surface area contributed by atoms with Gasteiger partial charge in [0.15, 0.2) is 6.61 Å². The molecule has 0 aliphatic carbocycles. The van der Waals surface area contributed by atoms with E-state index in [4.69, 9.17) is 16.3 Å². The van der Waals surface area contributed by atoms with Crippen LogP contribution in [0, 0.1) is 20.8 Å². The van der Waals surface area contributed by atoms with Crippen molar-refractivity contribution in [2.24, 2.45) is 0 Å². The molecule has 1 N–H and O–H groups in total. The summed E-state index contributed by atoms with van der Waals surface area (Å²) in [5.74, 6) is -0.0471. The third-order valence-electron chi connectivity index (χ3n) is 6.42. The first-order chi connectivity index (χ1) is 16.6. The van der Waals surface area contributed by atoms with E-state index < -0.39 is 10.0 Å². The molecule has 1 atom stereocenters. The highest BCUT2D eigenvalue weighted by molar-refractivity contribution is 7.92. The largest absolute Gasteiger partial charge is 0.482 e. The van der Waals surface area contributed by atoms with E-state index >= 15 is 0 Å². The van der Waals surface area contributed by atoms with E-state index in [1.54, 1.807) is 6.07 Å². The van der Waals surface area contributed by atoms with Crippen molar-refractivity contribution < 1.29 is 17.9 Å². The summed E-state index contributed by atoms with van der Waals surface area (Å²) in [5, 5.41) is 3.08. The van der Waals surface area contributed by atoms with Gasteiger partial charge in [0, 0.05) is 6.54 Å². The summed E-state index contributed by atoms with van der Waals surface area (Å²) in [6.07, 6.45) is 0.666. The minimum absolute atomic E-state index is 0.0786. The number of hydrogen-bond donors (Lipinski definition) is 1. The summed E-state index contributed by atoms with van der Waals surface area (Å²) in [4.78, 5) is 12.6. The van der Waals surface area contributed by atoms with Crippen molar-refractivity contribution in [3.05, 3.63) is 87.4 Å². The number of rotatable bonds is 7. The zero-order valence-corrected chi connectivity index (χ0v) is 21.8. The molecule has 0 unspecified atom stereocenters. The van der Waals surface area contributed by atoms with Gasteiger partial charge < -0.3 is 10.1 Å². The zero-order valence-electron chi connectivity index (χ0n) is 20.3. The molecule has 184 valence electrons. The van der Waals surface area contributed by atoms with Crippen LogP contribution in [0.25, 0.3) is 0 Å². The molecular weight excluding hydrogens is 484 g/mol. The fraction of sp³-hybridized carbons (Fsp3) is 0.296. The molecular formula is C27H29ClN2O4S. The maximum atomic E-state index is 13.2. The van der Waals surface area contributed by atoms with Gasteiger partial charge in [-0.15, -0.1) is 0 Å². The van der Waals surface area contributed by atoms with E-state index in [9.17, 15) is 13.2 Å². The second kappa shape index (κ2) is 9.91. The lowest BCUT2D eigenvalue weighted by Crippen LogP contribution is -2.31. The summed E-state index contributed by atoms with van der Waals surface area (Å²) >= 11 is 6.34. The van der Waals surface area contributed by atoms with Crippen LogP contribution < -0.4 is 14.4 Å². The van der Waals surface area contributed by atoms with Crippen LogP contribution in [0.4, 0.5) is 5.69 Å². The van der Waals surface area contributed by atoms with Crippen LogP contribution in [0.15, 0.2) is 59.5 Å². The molecule has 3 aromatic carbocycles. The third-order valence-corrected chi connectivity index (χ3v) is 8.53. The van der Waals surface area contributed by atoms with Gasteiger partial charge in [-0.25, -0.2) is 8.42 Å². The van der Waals surface area contributed by atoms with Crippen molar-refractivity contribution in [3.63, 3.8) is 0 Å². The molecule has 0 saturated heterocycles. The summed E-state index contributed by atoms with van der Waals surface area (Å²) in [7, 11) is -3.77. The number of fused-ring (bicyclic) bond motifs is 1. The summed E-state index contributed by atoms with van der Waals surface area (Å²) in [5.41, 5.74) is 6.23. The Hall–Kier alpha value is -3.03. The molecule has 1 aliphatic heterocycles. The summed E-state index contributed by atoms with van der Waals surface area (Å²) in [6, 6.07) is 15.8. The number of aryl methyl sites for hydroxylation is 3. The predicted octanol–water partition coefficient (Wildman–Crippen LogP) is 5.27. The van der Waals surface area contributed by atoms with Crippen molar-refractivity contribution in [1.29, 1.82) is 0 Å². The number of para-hydroxylation sites is 1. The van der Waals surface area contributed by atoms with E-state index in [-0.39, 0.29) is 34.2 Å². The lowest BCUT2D eigenvalue weighted by Gasteiger charge is -2.20. The zero-order chi connectivity index (χ0) is 25.3. The smallest absolute Gasteiger partial charge is 0.264 e. The molecule has 1 aliphatic rings. The van der Waals surface area contributed by atoms with Gasteiger partial charge in [-0.2, -0.15) is 0 Å². The first-order valence-corrected chi connectivity index (χ1v) is 13.3. The van der Waals surface area contributed by atoms with Crippen molar-refractivity contribution >= 4 is 33.2 Å². The van der Waals surface area contributed by atoms with E-state index in [1.165, 1.54) is 33.6 Å². The molecule has 0 fully saturated rings. The van der Waals surface area contributed by atoms with E-state index in [0.29, 0.717) is 18.7 Å². The number of anilines is 1. The molecule has 0 radical (unpaired) electrons. The van der Waals surface area contributed by atoms with Crippen LogP contribution in [0.5, 0.6) is 5.75 Å². The number of hydrogen-bond acceptors (Lipinski definition) is 4. The van der Waals surface area contributed by atoms with Crippen LogP contribution in [0.1, 0.15) is 40.8 Å². The van der Waals surface area contributed by atoms with E-state index in [1.807, 2.05) is 39.0 Å². The van der Waals surface area contributed by atoms with Crippen molar-refractivity contribution in [2.45, 2.75) is 45.1 Å². The normalized spacial score (nSPS) is 13.9. The Labute approximate surface area is 211 Å². The number of carbonyl (C=O) groups is 1. The first kappa shape index (κ1) is 25.1. The first-order valence-electron chi connectivity index (χ1n) is 11.5. The van der Waals surface area contributed by atoms with Gasteiger partial charge in [-0.3, -0.25) is 9.10 Å². The summed E-state index contributed by atoms with van der Waals surface area (Å²) < 4.78 is 33.4. The highest BCUT2D eigenvalue weighted by Crippen LogP contribution is 2.35. The molecule has 1 amide bonds. The SMILES string of the molecule is Cc1cc(C)c([C@@H](C)NC(=O)COc2ccc(S(=O)(=O)N3CCc4ccccc43)cc2Cl)cc1C. The van der Waals surface area contributed by atoms with Gasteiger partial charge in [0.05, 0.1) is 21.6 Å². The van der Waals surface area contributed by atoms with Gasteiger partial charge in [0.1, 0.15) is 5.75 Å². The lowest BCUT2D eigenvalue weighted by atomic mass is 9.96. The number of nitrogens with zero attached hydrogens (tertiary/aromatic N) is 1. The average Bonchev–Trinajstić information content (AvgIpc) is 3.25. The number of carbonyl (C=O) groups excluding carboxylic acids is 1. The Kier molecular flexibility index (Phi) is 7.10. The maximum Gasteiger partial charge on any atom is 0.264 e. The Balaban J connectivity index is 1.41. The standard InChI is InChI=1S/C27H29ClN2O4S/c1-17-13-19(3)23(14-18(17)2)20(4)29-27(31)16-34-26-10-9-22(15-24(26)28)35(32,33)30-12-11-21-7-5-6-8-25(21)30/h5-10,13-15,20H,11-12,16H2,1-4H3,(H,29,31)/t20-/m1/s1. The van der Waals surface area contributed by atoms with E-state index in [0.717, 1.165) is 16.7 Å². The quantitative estimate of drug-likeness (QED) is 0.467. The molecule has 0 spiro atoms. The van der Waals surface area contributed by atoms with Crippen LogP contribution >= 0.6 is 11.6 Å². The maximum absolute atomic E-state index is 13.2. The van der Waals surface area contributed by atoms with Crippen LogP contribution in [-0.4, -0.2) is 27.5 Å². The number of nitrogens with one attached hydrogen (secondary N) is 1. The molecule has 0 bridgehead atoms. The van der Waals surface area contributed by atoms with Crippen LogP contribution in [-0.2, 0) is 21.2 Å². The Bertz CT molecular complexity index is 1390. The monoisotopic (exact) mass is 512 g/mol. The summed E-state index contributed by atoms with van der Waals surface area (Å²) in [6.45, 7) is 8.21. The molecule has 4 rings (SSSR count). The lowest BCUT2D eigenvalue weighted by molar-refractivity contribution is -0.123. The molecule has 3 aromatic rings. The minimum Gasteiger partial charge on any atom is -0.482 e. The van der Waals surface area contributed by atoms with Crippen LogP contribution in [0.3, 0.4) is 0 Å². The Morgan fingerprint density at radius 2 is 1.77 bits per heavy atom. The van der Waals surface area contributed by atoms with E-state index in [2.05, 4.69) is 24.4 Å². The highest BCUT2D eigenvalue weighted by Gasteiger charge is 2.31. The fourth-order valence-corrected chi connectivity index (χ4v) is 6.23. The highest BCUT2D eigenvalue weighted by atomic mass is 35.5. The number of halogens is 1. The second-order valence-electron chi connectivity index (χ2n) is 8.92. The molecule has 8 heteroatoms. The fourth-order valence-electron chi connectivity index (χ4n) is 4.40.